The first-order valence-corrected chi connectivity index (χ1v) is 19.9. The molecule has 58 heavy (non-hydrogen) atoms. The summed E-state index contributed by atoms with van der Waals surface area (Å²) < 4.78 is 2.37. The van der Waals surface area contributed by atoms with Crippen LogP contribution in [-0.4, -0.2) is 4.57 Å². The van der Waals surface area contributed by atoms with Gasteiger partial charge in [-0.05, 0) is 122 Å². The van der Waals surface area contributed by atoms with Crippen LogP contribution in [0, 0.1) is 0 Å². The number of anilines is 3. The van der Waals surface area contributed by atoms with Crippen LogP contribution in [0.5, 0.6) is 0 Å². The maximum atomic E-state index is 2.40. The van der Waals surface area contributed by atoms with Gasteiger partial charge in [-0.3, -0.25) is 0 Å². The minimum absolute atomic E-state index is 1.10. The van der Waals surface area contributed by atoms with E-state index in [-0.39, 0.29) is 0 Å². The smallest absolute Gasteiger partial charge is 0.0541 e. The van der Waals surface area contributed by atoms with Gasteiger partial charge in [0.2, 0.25) is 0 Å². The van der Waals surface area contributed by atoms with E-state index in [1.807, 2.05) is 0 Å². The summed E-state index contributed by atoms with van der Waals surface area (Å²) in [5.41, 5.74) is 14.1. The summed E-state index contributed by atoms with van der Waals surface area (Å²) in [6, 6.07) is 83.6. The molecular weight excluding hydrogens is 701 g/mol. The normalized spacial score (nSPS) is 11.4. The van der Waals surface area contributed by atoms with Gasteiger partial charge in [-0.1, -0.05) is 164 Å². The molecule has 2 heteroatoms. The molecule has 0 unspecified atom stereocenters. The van der Waals surface area contributed by atoms with E-state index in [1.165, 1.54) is 76.7 Å². The zero-order valence-electron chi connectivity index (χ0n) is 31.8. The van der Waals surface area contributed by atoms with Crippen molar-refractivity contribution in [2.45, 2.75) is 0 Å². The molecule has 0 aliphatic carbocycles. The zero-order valence-corrected chi connectivity index (χ0v) is 31.8. The fraction of sp³-hybridized carbons (Fsp3) is 0. The summed E-state index contributed by atoms with van der Waals surface area (Å²) >= 11 is 0. The molecule has 0 fully saturated rings. The average molecular weight is 739 g/mol. The van der Waals surface area contributed by atoms with E-state index < -0.39 is 0 Å². The highest BCUT2D eigenvalue weighted by Crippen LogP contribution is 2.47. The van der Waals surface area contributed by atoms with Gasteiger partial charge >= 0.3 is 0 Å². The van der Waals surface area contributed by atoms with Crippen LogP contribution in [0.1, 0.15) is 0 Å². The second-order valence-corrected chi connectivity index (χ2v) is 14.9. The van der Waals surface area contributed by atoms with E-state index in [1.54, 1.807) is 0 Å². The molecular formula is C56H38N2. The van der Waals surface area contributed by atoms with Crippen molar-refractivity contribution in [3.05, 3.63) is 231 Å². The Bertz CT molecular complexity index is 3260. The Morgan fingerprint density at radius 2 is 0.759 bits per heavy atom. The predicted molar refractivity (Wildman–Crippen MR) is 247 cm³/mol. The number of hydrogen-bond acceptors (Lipinski definition) is 1. The van der Waals surface area contributed by atoms with Crippen molar-refractivity contribution >= 4 is 60.4 Å². The number of nitrogens with zero attached hydrogens (tertiary/aromatic N) is 2. The lowest BCUT2D eigenvalue weighted by molar-refractivity contribution is 1.18. The minimum Gasteiger partial charge on any atom is -0.310 e. The van der Waals surface area contributed by atoms with Crippen molar-refractivity contribution in [2.24, 2.45) is 0 Å². The molecule has 0 aliphatic rings. The van der Waals surface area contributed by atoms with E-state index in [0.29, 0.717) is 0 Å². The van der Waals surface area contributed by atoms with Gasteiger partial charge in [0.15, 0.2) is 0 Å². The molecule has 1 aromatic heterocycles. The maximum absolute atomic E-state index is 2.40. The van der Waals surface area contributed by atoms with Crippen LogP contribution >= 0.6 is 0 Å². The monoisotopic (exact) mass is 738 g/mol. The Labute approximate surface area is 338 Å². The number of aromatic nitrogens is 1. The van der Waals surface area contributed by atoms with E-state index in [9.17, 15) is 0 Å². The number of benzene rings is 10. The summed E-state index contributed by atoms with van der Waals surface area (Å²) in [5, 5.41) is 7.45. The van der Waals surface area contributed by atoms with Crippen molar-refractivity contribution in [3.63, 3.8) is 0 Å². The van der Waals surface area contributed by atoms with Gasteiger partial charge in [-0.2, -0.15) is 0 Å². The molecule has 0 spiro atoms. The molecule has 0 aliphatic heterocycles. The fourth-order valence-electron chi connectivity index (χ4n) is 8.98. The van der Waals surface area contributed by atoms with Crippen molar-refractivity contribution in [2.75, 3.05) is 4.90 Å². The molecule has 0 atom stereocenters. The highest BCUT2D eigenvalue weighted by atomic mass is 15.1. The maximum Gasteiger partial charge on any atom is 0.0541 e. The minimum atomic E-state index is 1.10. The third-order valence-electron chi connectivity index (χ3n) is 11.5. The van der Waals surface area contributed by atoms with E-state index >= 15 is 0 Å². The Balaban J connectivity index is 1.12. The molecule has 0 radical (unpaired) electrons. The number of rotatable bonds is 7. The Kier molecular flexibility index (Phi) is 8.19. The second-order valence-electron chi connectivity index (χ2n) is 14.9. The third-order valence-corrected chi connectivity index (χ3v) is 11.5. The zero-order chi connectivity index (χ0) is 38.4. The lowest BCUT2D eigenvalue weighted by Crippen LogP contribution is -2.10. The van der Waals surface area contributed by atoms with E-state index in [4.69, 9.17) is 0 Å². The molecule has 10 aromatic carbocycles. The van der Waals surface area contributed by atoms with Gasteiger partial charge in [0, 0.05) is 33.5 Å². The standard InChI is InChI=1S/C56H38N2/c1-5-18-39(19-6-1)55-50-30-14-13-28-47(50)48-34-33-46(38-52(48)56(55)40-20-7-2-8-21-40)57(43-23-9-3-10-24-43)45-27-17-22-41(36-45)42-32-35-54-51(37-42)49-29-15-16-31-53(49)58(54)44-25-11-4-12-26-44/h1-38H. The van der Waals surface area contributed by atoms with Gasteiger partial charge in [-0.15, -0.1) is 0 Å². The molecule has 0 N–H and O–H groups in total. The second kappa shape index (κ2) is 14.1. The predicted octanol–water partition coefficient (Wildman–Crippen LogP) is 15.6. The van der Waals surface area contributed by atoms with Crippen LogP contribution in [0.15, 0.2) is 231 Å². The number of hydrogen-bond donors (Lipinski definition) is 0. The van der Waals surface area contributed by atoms with E-state index in [2.05, 4.69) is 240 Å². The van der Waals surface area contributed by atoms with Crippen LogP contribution in [0.25, 0.3) is 82.4 Å². The van der Waals surface area contributed by atoms with Crippen LogP contribution in [0.3, 0.4) is 0 Å². The first-order chi connectivity index (χ1) is 28.8. The Morgan fingerprint density at radius 3 is 1.48 bits per heavy atom. The summed E-state index contributed by atoms with van der Waals surface area (Å²) in [6.07, 6.45) is 0. The number of para-hydroxylation sites is 3. The lowest BCUT2D eigenvalue weighted by atomic mass is 9.85. The quantitative estimate of drug-likeness (QED) is 0.148. The van der Waals surface area contributed by atoms with Gasteiger partial charge in [0.1, 0.15) is 0 Å². The van der Waals surface area contributed by atoms with E-state index in [0.717, 1.165) is 22.7 Å². The van der Waals surface area contributed by atoms with Crippen molar-refractivity contribution in [1.82, 2.24) is 4.57 Å². The van der Waals surface area contributed by atoms with Crippen molar-refractivity contribution < 1.29 is 0 Å². The largest absolute Gasteiger partial charge is 0.310 e. The molecule has 0 amide bonds. The van der Waals surface area contributed by atoms with Crippen molar-refractivity contribution in [1.29, 1.82) is 0 Å². The van der Waals surface area contributed by atoms with Crippen LogP contribution < -0.4 is 4.90 Å². The van der Waals surface area contributed by atoms with Gasteiger partial charge in [0.05, 0.1) is 11.0 Å². The van der Waals surface area contributed by atoms with Crippen molar-refractivity contribution in [3.8, 4) is 39.1 Å². The first-order valence-electron chi connectivity index (χ1n) is 19.9. The fourth-order valence-corrected chi connectivity index (χ4v) is 8.98. The Morgan fingerprint density at radius 1 is 0.259 bits per heavy atom. The van der Waals surface area contributed by atoms with Crippen LogP contribution in [0.2, 0.25) is 0 Å². The molecule has 1 heterocycles. The summed E-state index contributed by atoms with van der Waals surface area (Å²) in [7, 11) is 0. The highest BCUT2D eigenvalue weighted by molar-refractivity contribution is 6.22. The summed E-state index contributed by atoms with van der Waals surface area (Å²) in [4.78, 5) is 2.40. The summed E-state index contributed by atoms with van der Waals surface area (Å²) in [5.74, 6) is 0. The molecule has 2 nitrogen and oxygen atoms in total. The summed E-state index contributed by atoms with van der Waals surface area (Å²) in [6.45, 7) is 0. The Hall–Kier alpha value is -7.68. The molecule has 0 saturated heterocycles. The number of fused-ring (bicyclic) bond motifs is 6. The van der Waals surface area contributed by atoms with Crippen LogP contribution in [-0.2, 0) is 0 Å². The van der Waals surface area contributed by atoms with Crippen LogP contribution in [0.4, 0.5) is 17.1 Å². The first kappa shape index (κ1) is 33.6. The molecule has 272 valence electrons. The molecule has 0 bridgehead atoms. The van der Waals surface area contributed by atoms with Gasteiger partial charge in [-0.25, -0.2) is 0 Å². The lowest BCUT2D eigenvalue weighted by Gasteiger charge is -2.27. The SMILES string of the molecule is c1ccc(-c2c(-c3ccccc3)c3cc(N(c4ccccc4)c4cccc(-c5ccc6c(c5)c5ccccc5n6-c5ccccc5)c4)ccc3c3ccccc23)cc1. The van der Waals surface area contributed by atoms with Gasteiger partial charge in [0.25, 0.3) is 0 Å². The average Bonchev–Trinajstić information content (AvgIpc) is 3.63. The molecule has 11 rings (SSSR count). The third kappa shape index (κ3) is 5.66. The topological polar surface area (TPSA) is 8.17 Å². The van der Waals surface area contributed by atoms with Gasteiger partial charge < -0.3 is 9.47 Å². The molecule has 0 saturated carbocycles. The highest BCUT2D eigenvalue weighted by Gasteiger charge is 2.21. The molecule has 11 aromatic rings.